The fourth-order valence-corrected chi connectivity index (χ4v) is 1.75. The van der Waals surface area contributed by atoms with Crippen molar-refractivity contribution in [1.82, 2.24) is 0 Å². The summed E-state index contributed by atoms with van der Waals surface area (Å²) < 4.78 is 0. The molecule has 0 aliphatic heterocycles. The average molecular weight is 182 g/mol. The lowest BCUT2D eigenvalue weighted by Crippen LogP contribution is -2.01. The second-order valence-corrected chi connectivity index (χ2v) is 3.83. The molecule has 1 aliphatic carbocycles. The van der Waals surface area contributed by atoms with E-state index in [-0.39, 0.29) is 0 Å². The maximum Gasteiger partial charge on any atom is 0.0406 e. The molecular formula is C10H12ClN. The average Bonchev–Trinajstić information content (AvgIpc) is 2.85. The SMILES string of the molecule is NC[C@@H]1CC1c1ccc(Cl)cc1. The van der Waals surface area contributed by atoms with E-state index in [0.29, 0.717) is 11.8 Å². The molecule has 1 aromatic carbocycles. The molecule has 0 saturated heterocycles. The lowest BCUT2D eigenvalue weighted by molar-refractivity contribution is 0.810. The van der Waals surface area contributed by atoms with Crippen LogP contribution >= 0.6 is 11.6 Å². The second kappa shape index (κ2) is 3.08. The molecule has 1 nitrogen and oxygen atoms in total. The summed E-state index contributed by atoms with van der Waals surface area (Å²) in [6.07, 6.45) is 1.25. The highest BCUT2D eigenvalue weighted by Gasteiger charge is 2.36. The Bertz CT molecular complexity index is 268. The summed E-state index contributed by atoms with van der Waals surface area (Å²) in [5, 5.41) is 0.809. The van der Waals surface area contributed by atoms with Crippen molar-refractivity contribution >= 4 is 11.6 Å². The zero-order valence-corrected chi connectivity index (χ0v) is 7.59. The summed E-state index contributed by atoms with van der Waals surface area (Å²) in [6.45, 7) is 0.813. The molecule has 1 aromatic rings. The first kappa shape index (κ1) is 8.09. The third kappa shape index (κ3) is 1.47. The molecule has 1 fully saturated rings. The van der Waals surface area contributed by atoms with E-state index in [2.05, 4.69) is 12.1 Å². The van der Waals surface area contributed by atoms with E-state index in [9.17, 15) is 0 Å². The van der Waals surface area contributed by atoms with Crippen molar-refractivity contribution in [3.8, 4) is 0 Å². The minimum Gasteiger partial charge on any atom is -0.330 e. The second-order valence-electron chi connectivity index (χ2n) is 3.39. The first-order valence-corrected chi connectivity index (χ1v) is 4.64. The van der Waals surface area contributed by atoms with Crippen LogP contribution in [0.5, 0.6) is 0 Å². The van der Waals surface area contributed by atoms with Crippen LogP contribution in [0, 0.1) is 5.92 Å². The summed E-state index contributed by atoms with van der Waals surface area (Å²) in [6, 6.07) is 8.09. The first-order chi connectivity index (χ1) is 5.81. The Balaban J connectivity index is 2.10. The van der Waals surface area contributed by atoms with E-state index in [1.54, 1.807) is 0 Å². The van der Waals surface area contributed by atoms with Crippen LogP contribution in [-0.2, 0) is 0 Å². The Labute approximate surface area is 77.5 Å². The number of hydrogen-bond acceptors (Lipinski definition) is 1. The van der Waals surface area contributed by atoms with Gasteiger partial charge in [-0.15, -0.1) is 0 Å². The first-order valence-electron chi connectivity index (χ1n) is 4.27. The Morgan fingerprint density at radius 1 is 1.33 bits per heavy atom. The smallest absolute Gasteiger partial charge is 0.0406 e. The van der Waals surface area contributed by atoms with Gasteiger partial charge in [0.1, 0.15) is 0 Å². The zero-order chi connectivity index (χ0) is 8.55. The molecule has 0 heterocycles. The van der Waals surface area contributed by atoms with Crippen LogP contribution in [-0.4, -0.2) is 6.54 Å². The molecule has 0 radical (unpaired) electrons. The molecular weight excluding hydrogens is 170 g/mol. The molecule has 12 heavy (non-hydrogen) atoms. The maximum absolute atomic E-state index is 5.78. The normalized spacial score (nSPS) is 27.2. The highest BCUT2D eigenvalue weighted by atomic mass is 35.5. The molecule has 64 valence electrons. The maximum atomic E-state index is 5.78. The molecule has 2 rings (SSSR count). The molecule has 0 bridgehead atoms. The van der Waals surface area contributed by atoms with Crippen LogP contribution in [0.15, 0.2) is 24.3 Å². The molecule has 0 amide bonds. The minimum atomic E-state index is 0.701. The number of halogens is 1. The summed E-state index contributed by atoms with van der Waals surface area (Å²) in [5.74, 6) is 1.42. The van der Waals surface area contributed by atoms with Crippen molar-refractivity contribution in [3.05, 3.63) is 34.9 Å². The van der Waals surface area contributed by atoms with E-state index in [4.69, 9.17) is 17.3 Å². The van der Waals surface area contributed by atoms with Crippen molar-refractivity contribution in [1.29, 1.82) is 0 Å². The molecule has 2 N–H and O–H groups in total. The quantitative estimate of drug-likeness (QED) is 0.745. The minimum absolute atomic E-state index is 0.701. The van der Waals surface area contributed by atoms with Gasteiger partial charge >= 0.3 is 0 Å². The molecule has 1 aliphatic rings. The summed E-state index contributed by atoms with van der Waals surface area (Å²) in [4.78, 5) is 0. The monoisotopic (exact) mass is 181 g/mol. The van der Waals surface area contributed by atoms with Crippen LogP contribution in [0.2, 0.25) is 5.02 Å². The van der Waals surface area contributed by atoms with Crippen molar-refractivity contribution in [2.75, 3.05) is 6.54 Å². The van der Waals surface area contributed by atoms with Gasteiger partial charge in [-0.3, -0.25) is 0 Å². The number of nitrogens with two attached hydrogens (primary N) is 1. The molecule has 1 saturated carbocycles. The van der Waals surface area contributed by atoms with E-state index in [1.165, 1.54) is 12.0 Å². The summed E-state index contributed by atoms with van der Waals surface area (Å²) in [5.41, 5.74) is 6.95. The van der Waals surface area contributed by atoms with E-state index in [1.807, 2.05) is 12.1 Å². The fraction of sp³-hybridized carbons (Fsp3) is 0.400. The standard InChI is InChI=1S/C10H12ClN/c11-9-3-1-7(2-4-9)10-5-8(10)6-12/h1-4,8,10H,5-6,12H2/t8-,10?/m0/s1. The molecule has 2 atom stereocenters. The van der Waals surface area contributed by atoms with Crippen molar-refractivity contribution in [2.45, 2.75) is 12.3 Å². The van der Waals surface area contributed by atoms with Crippen LogP contribution in [0.25, 0.3) is 0 Å². The van der Waals surface area contributed by atoms with Gasteiger partial charge in [-0.2, -0.15) is 0 Å². The van der Waals surface area contributed by atoms with Crippen molar-refractivity contribution in [2.24, 2.45) is 11.7 Å². The molecule has 0 aromatic heterocycles. The van der Waals surface area contributed by atoms with Gasteiger partial charge in [-0.1, -0.05) is 23.7 Å². The van der Waals surface area contributed by atoms with Gasteiger partial charge in [-0.05, 0) is 42.5 Å². The molecule has 2 heteroatoms. The van der Waals surface area contributed by atoms with Gasteiger partial charge in [0.05, 0.1) is 0 Å². The Morgan fingerprint density at radius 3 is 2.50 bits per heavy atom. The van der Waals surface area contributed by atoms with Crippen molar-refractivity contribution in [3.63, 3.8) is 0 Å². The Hall–Kier alpha value is -0.530. The van der Waals surface area contributed by atoms with Gasteiger partial charge in [0.2, 0.25) is 0 Å². The summed E-state index contributed by atoms with van der Waals surface area (Å²) in [7, 11) is 0. The van der Waals surface area contributed by atoms with Crippen LogP contribution in [0.1, 0.15) is 17.9 Å². The van der Waals surface area contributed by atoms with E-state index >= 15 is 0 Å². The highest BCUT2D eigenvalue weighted by Crippen LogP contribution is 2.46. The Kier molecular flexibility index (Phi) is 2.07. The van der Waals surface area contributed by atoms with Gasteiger partial charge in [0.15, 0.2) is 0 Å². The van der Waals surface area contributed by atoms with Gasteiger partial charge in [0, 0.05) is 5.02 Å². The Morgan fingerprint density at radius 2 is 2.00 bits per heavy atom. The largest absolute Gasteiger partial charge is 0.330 e. The highest BCUT2D eigenvalue weighted by molar-refractivity contribution is 6.30. The van der Waals surface area contributed by atoms with E-state index < -0.39 is 0 Å². The predicted molar refractivity (Wildman–Crippen MR) is 51.4 cm³/mol. The third-order valence-corrected chi connectivity index (χ3v) is 2.78. The van der Waals surface area contributed by atoms with E-state index in [0.717, 1.165) is 11.6 Å². The lowest BCUT2D eigenvalue weighted by atomic mass is 10.1. The lowest BCUT2D eigenvalue weighted by Gasteiger charge is -1.98. The third-order valence-electron chi connectivity index (χ3n) is 2.52. The topological polar surface area (TPSA) is 26.0 Å². The van der Waals surface area contributed by atoms with Gasteiger partial charge < -0.3 is 5.73 Å². The molecule has 0 spiro atoms. The van der Waals surface area contributed by atoms with Crippen LogP contribution in [0.4, 0.5) is 0 Å². The number of benzene rings is 1. The number of hydrogen-bond donors (Lipinski definition) is 1. The summed E-state index contributed by atoms with van der Waals surface area (Å²) >= 11 is 5.78. The zero-order valence-electron chi connectivity index (χ0n) is 6.83. The fourth-order valence-electron chi connectivity index (χ4n) is 1.63. The van der Waals surface area contributed by atoms with Crippen LogP contribution in [0.3, 0.4) is 0 Å². The van der Waals surface area contributed by atoms with Crippen molar-refractivity contribution < 1.29 is 0 Å². The number of rotatable bonds is 2. The van der Waals surface area contributed by atoms with Gasteiger partial charge in [0.25, 0.3) is 0 Å². The van der Waals surface area contributed by atoms with Crippen LogP contribution < -0.4 is 5.73 Å². The predicted octanol–water partition coefficient (Wildman–Crippen LogP) is 2.40. The molecule has 1 unspecified atom stereocenters. The van der Waals surface area contributed by atoms with Gasteiger partial charge in [-0.25, -0.2) is 0 Å².